The number of hydrogen-bond acceptors (Lipinski definition) is 7. The van der Waals surface area contributed by atoms with E-state index in [2.05, 4.69) is 234 Å². The first kappa shape index (κ1) is 58.3. The monoisotopic (exact) mass is 1360 g/mol. The molecule has 0 saturated heterocycles. The minimum atomic E-state index is -2.57. The van der Waals surface area contributed by atoms with Crippen LogP contribution in [0, 0.1) is 6.85 Å². The largest absolute Gasteiger partial charge is 0.422 e. The van der Waals surface area contributed by atoms with Gasteiger partial charge < -0.3 is 8.83 Å². The molecule has 105 heavy (non-hydrogen) atoms. The molecule has 0 N–H and O–H groups in total. The first-order valence-electron chi connectivity index (χ1n) is 37.8. The van der Waals surface area contributed by atoms with E-state index >= 15 is 0 Å². The molecule has 9 nitrogen and oxygen atoms in total. The summed E-state index contributed by atoms with van der Waals surface area (Å²) in [5.41, 5.74) is 28.6. The van der Waals surface area contributed by atoms with Crippen molar-refractivity contribution >= 4 is 56.3 Å². The molecule has 13 aromatic carbocycles. The van der Waals surface area contributed by atoms with E-state index in [-0.39, 0.29) is 16.8 Å². The van der Waals surface area contributed by atoms with Gasteiger partial charge in [-0.15, -0.1) is 0 Å². The topological polar surface area (TPSA) is 99.5 Å². The highest BCUT2D eigenvalue weighted by Gasteiger charge is 2.29. The van der Waals surface area contributed by atoms with Crippen molar-refractivity contribution in [1.82, 2.24) is 33.7 Å². The molecule has 0 bridgehead atoms. The second-order valence-corrected chi connectivity index (χ2v) is 27.3. The maximum atomic E-state index is 9.10. The molecule has 9 heteroatoms. The molecule has 0 unspecified atom stereocenters. The Hall–Kier alpha value is -13.4. The van der Waals surface area contributed by atoms with E-state index in [4.69, 9.17) is 25.7 Å². The van der Waals surface area contributed by atoms with Crippen molar-refractivity contribution in [2.45, 2.75) is 46.3 Å². The van der Waals surface area contributed by atoms with Crippen LogP contribution in [0.4, 0.5) is 0 Å². The van der Waals surface area contributed by atoms with E-state index in [1.54, 1.807) is 41.2 Å². The van der Waals surface area contributed by atoms with Crippen molar-refractivity contribution in [3.8, 4) is 122 Å². The number of rotatable bonds is 12. The smallest absolute Gasteiger partial charge is 0.310 e. The summed E-state index contributed by atoms with van der Waals surface area (Å²) >= 11 is 0. The number of fused-ring (bicyclic) bond motifs is 10. The Morgan fingerprint density at radius 1 is 0.352 bits per heavy atom. The Bertz CT molecular complexity index is 6590. The lowest BCUT2D eigenvalue weighted by molar-refractivity contribution is 0.589. The summed E-state index contributed by atoms with van der Waals surface area (Å²) in [5, 5.41) is 0. The molecular formula is C96H71N7O2. The minimum absolute atomic E-state index is 0.0727. The Morgan fingerprint density at radius 3 is 1.39 bits per heavy atom. The summed E-state index contributed by atoms with van der Waals surface area (Å²) in [6, 6.07) is 107. The third-order valence-corrected chi connectivity index (χ3v) is 20.0. The van der Waals surface area contributed by atoms with Crippen LogP contribution >= 0.6 is 0 Å². The molecule has 0 fully saturated rings. The Morgan fingerprint density at radius 2 is 0.838 bits per heavy atom. The first-order chi connectivity index (χ1) is 53.5. The molecule has 0 aliphatic heterocycles. The van der Waals surface area contributed by atoms with Crippen molar-refractivity contribution < 1.29 is 15.7 Å². The number of nitrogens with zero attached hydrogens (tertiary/aromatic N) is 7. The molecule has 0 saturated carbocycles. The van der Waals surface area contributed by atoms with Gasteiger partial charge >= 0.3 is 11.7 Å². The predicted molar refractivity (Wildman–Crippen MR) is 431 cm³/mol. The van der Waals surface area contributed by atoms with Gasteiger partial charge in [-0.3, -0.25) is 4.40 Å². The molecule has 0 radical (unpaired) electrons. The van der Waals surface area contributed by atoms with Gasteiger partial charge in [0.1, 0.15) is 5.52 Å². The summed E-state index contributed by atoms with van der Waals surface area (Å²) in [5.74, 6) is 0.765. The van der Waals surface area contributed by atoms with Gasteiger partial charge in [0.2, 0.25) is 5.65 Å². The average Bonchev–Trinajstić information content (AvgIpc) is 1.39. The Labute approximate surface area is 615 Å². The number of imidazole rings is 2. The van der Waals surface area contributed by atoms with E-state index in [0.29, 0.717) is 50.6 Å². The molecule has 19 rings (SSSR count). The average molecular weight is 1360 g/mol. The van der Waals surface area contributed by atoms with E-state index in [0.717, 1.165) is 88.9 Å². The van der Waals surface area contributed by atoms with Gasteiger partial charge in [-0.25, -0.2) is 19.4 Å². The molecule has 0 aliphatic rings. The maximum absolute atomic E-state index is 9.10. The minimum Gasteiger partial charge on any atom is -0.422 e. The van der Waals surface area contributed by atoms with Gasteiger partial charge in [0.05, 0.1) is 16.6 Å². The number of aryl methyl sites for hydroxylation is 2. The van der Waals surface area contributed by atoms with Crippen molar-refractivity contribution in [3.05, 3.63) is 345 Å². The van der Waals surface area contributed by atoms with Crippen LogP contribution in [0.15, 0.2) is 337 Å². The highest BCUT2D eigenvalue weighted by Crippen LogP contribution is 2.52. The highest BCUT2D eigenvalue weighted by molar-refractivity contribution is 6.09. The highest BCUT2D eigenvalue weighted by atomic mass is 16.4. The van der Waals surface area contributed by atoms with Gasteiger partial charge in [-0.1, -0.05) is 282 Å². The van der Waals surface area contributed by atoms with Crippen molar-refractivity contribution in [2.24, 2.45) is 0 Å². The molecule has 0 spiro atoms. The second kappa shape index (κ2) is 26.5. The van der Waals surface area contributed by atoms with E-state index in [9.17, 15) is 0 Å². The quantitative estimate of drug-likeness (QED) is 0.120. The molecule has 6 aromatic heterocycles. The number of aromatic nitrogens is 7. The standard InChI is InChI=1S/C50H36N4O.C46H35N3O/c1-3-33-26-27-42-47(53-50-54(42)48-49(55-50)52-29-28-51-48)45(33)39-30-38(25-24-32(39)2)46-43(36-20-12-6-13-21-36)40(34-16-8-4-9-17-34)31-41(35-18-10-5-11-19-35)44(46)37-22-14-7-15-23-37;1-46(2,3)39-24-25-40-43(50-45-48-44-41(49(40)45)23-14-26-47-44)42(39)34-22-13-21-33(27-34)38-29-36(31-17-9-5-10-18-31)35(30-15-7-4-8-16-30)28-37(38)32-19-11-6-12-20-32/h4-31H,3H2,1-2H3;4-29H,1-3H3/i2D3,3D2;. The molecule has 19 aromatic rings. The van der Waals surface area contributed by atoms with Crippen LogP contribution in [0.2, 0.25) is 0 Å². The fourth-order valence-corrected chi connectivity index (χ4v) is 15.2. The maximum Gasteiger partial charge on any atom is 0.310 e. The zero-order chi connectivity index (χ0) is 75.0. The van der Waals surface area contributed by atoms with Gasteiger partial charge in [-0.05, 0) is 201 Å². The van der Waals surface area contributed by atoms with Crippen LogP contribution in [-0.4, -0.2) is 33.7 Å². The number of pyridine rings is 1. The van der Waals surface area contributed by atoms with Crippen LogP contribution < -0.4 is 0 Å². The Balaban J connectivity index is 0.000000157. The molecule has 0 atom stereocenters. The summed E-state index contributed by atoms with van der Waals surface area (Å²) in [6.07, 6.45) is 2.99. The van der Waals surface area contributed by atoms with Gasteiger partial charge in [0, 0.05) is 36.6 Å². The number of benzene rings is 13. The molecule has 6 heterocycles. The van der Waals surface area contributed by atoms with Gasteiger partial charge in [0.25, 0.3) is 5.71 Å². The predicted octanol–water partition coefficient (Wildman–Crippen LogP) is 25.2. The molecule has 502 valence electrons. The van der Waals surface area contributed by atoms with Crippen LogP contribution in [0.3, 0.4) is 0 Å². The SMILES string of the molecule is CC(C)(C)c1ccc2c(oc3nc4ncccc4n32)c1-c1cccc(-c2cc(-c3ccccc3)c(-c3ccccc3)cc2-c2ccccc2)c1.[2H]C([2H])([2H])c1ccc(-c2c(-c3ccccc3)c(-c3ccccc3)cc(-c3ccccc3)c2-c2ccccc2)cc1-c1c(C([2H])([2H])C)ccc2c1nc1oc3nccnc3n12. The lowest BCUT2D eigenvalue weighted by atomic mass is 9.78. The fourth-order valence-electron chi connectivity index (χ4n) is 15.2. The summed E-state index contributed by atoms with van der Waals surface area (Å²) in [4.78, 5) is 23.0. The van der Waals surface area contributed by atoms with Crippen molar-refractivity contribution in [1.29, 1.82) is 0 Å². The van der Waals surface area contributed by atoms with Crippen molar-refractivity contribution in [2.75, 3.05) is 0 Å². The normalized spacial score (nSPS) is 12.7. The summed E-state index contributed by atoms with van der Waals surface area (Å²) < 4.78 is 61.4. The lowest BCUT2D eigenvalue weighted by Crippen LogP contribution is -2.13. The van der Waals surface area contributed by atoms with Crippen molar-refractivity contribution in [3.63, 3.8) is 0 Å². The van der Waals surface area contributed by atoms with E-state index in [1.165, 1.54) is 51.4 Å². The zero-order valence-electron chi connectivity index (χ0n) is 63.1. The third kappa shape index (κ3) is 11.4. The second-order valence-electron chi connectivity index (χ2n) is 27.3. The first-order valence-corrected chi connectivity index (χ1v) is 35.3. The summed E-state index contributed by atoms with van der Waals surface area (Å²) in [6.45, 7) is 5.69. The van der Waals surface area contributed by atoms with Crippen LogP contribution in [0.1, 0.15) is 51.2 Å². The third-order valence-electron chi connectivity index (χ3n) is 20.0. The molecule has 0 amide bonds. The van der Waals surface area contributed by atoms with E-state index in [1.807, 2.05) is 97.1 Å². The lowest BCUT2D eigenvalue weighted by Gasteiger charge is -2.25. The fraction of sp³-hybridized carbons (Fsp3) is 0.0729. The van der Waals surface area contributed by atoms with Crippen LogP contribution in [0.25, 0.3) is 179 Å². The Kier molecular flexibility index (Phi) is 14.7. The molecule has 0 aliphatic carbocycles. The number of oxazole rings is 2. The van der Waals surface area contributed by atoms with E-state index < -0.39 is 13.2 Å². The number of hydrogen-bond donors (Lipinski definition) is 0. The molecular weight excluding hydrogens is 1280 g/mol. The van der Waals surface area contributed by atoms with Gasteiger partial charge in [0.15, 0.2) is 11.2 Å². The van der Waals surface area contributed by atoms with Gasteiger partial charge in [-0.2, -0.15) is 9.97 Å². The van der Waals surface area contributed by atoms with Crippen LogP contribution in [-0.2, 0) is 11.8 Å². The summed E-state index contributed by atoms with van der Waals surface area (Å²) in [7, 11) is 0. The zero-order valence-corrected chi connectivity index (χ0v) is 58.1. The van der Waals surface area contributed by atoms with Crippen LogP contribution in [0.5, 0.6) is 0 Å².